The Bertz CT molecular complexity index is 1290. The van der Waals surface area contributed by atoms with Crippen molar-refractivity contribution in [2.24, 2.45) is 5.92 Å². The lowest BCUT2D eigenvalue weighted by Gasteiger charge is -2.31. The number of nitrogens with zero attached hydrogens (tertiary/aromatic N) is 2. The van der Waals surface area contributed by atoms with Gasteiger partial charge >= 0.3 is 0 Å². The van der Waals surface area contributed by atoms with E-state index in [0.717, 1.165) is 41.0 Å². The van der Waals surface area contributed by atoms with E-state index in [9.17, 15) is 13.2 Å². The summed E-state index contributed by atoms with van der Waals surface area (Å²) in [5.41, 5.74) is 1.84. The van der Waals surface area contributed by atoms with Crippen molar-refractivity contribution in [1.82, 2.24) is 14.6 Å². The molecule has 2 heterocycles. The van der Waals surface area contributed by atoms with Gasteiger partial charge in [0.1, 0.15) is 0 Å². The molecule has 0 unspecified atom stereocenters. The fourth-order valence-electron chi connectivity index (χ4n) is 5.40. The number of aromatic nitrogens is 1. The van der Waals surface area contributed by atoms with Gasteiger partial charge in [0, 0.05) is 31.8 Å². The molecule has 7 nitrogen and oxygen atoms in total. The SMILES string of the molecule is CN(C(C)(C)C)S(=O)(=O)c1cc(-c2sc(C(=O)NC3CCOCC3)nc2CC2CCCCC2)cc(C(C)(C)C)c1. The standard InChI is InChI=1S/C31H47N3O4S2/c1-30(2,3)23-18-22(19-25(20-23)40(36,37)34(7)31(4,5)6)27-26(17-21-11-9-8-10-12-21)33-29(39-27)28(35)32-24-13-15-38-16-14-24/h18-21,24H,8-17H2,1-7H3,(H,32,35). The van der Waals surface area contributed by atoms with Crippen LogP contribution >= 0.6 is 11.3 Å². The van der Waals surface area contributed by atoms with Crippen LogP contribution in [-0.4, -0.2) is 55.5 Å². The van der Waals surface area contributed by atoms with E-state index in [0.29, 0.717) is 24.1 Å². The quantitative estimate of drug-likeness (QED) is 0.395. The van der Waals surface area contributed by atoms with Gasteiger partial charge in [0.05, 0.1) is 15.5 Å². The second kappa shape index (κ2) is 12.2. The molecule has 9 heteroatoms. The molecule has 0 spiro atoms. The molecule has 1 saturated heterocycles. The molecular weight excluding hydrogens is 542 g/mol. The molecule has 1 amide bonds. The number of amides is 1. The lowest BCUT2D eigenvalue weighted by molar-refractivity contribution is 0.0696. The molecule has 1 aromatic carbocycles. The normalized spacial score (nSPS) is 18.3. The Morgan fingerprint density at radius 3 is 2.27 bits per heavy atom. The number of sulfonamides is 1. The first-order chi connectivity index (χ1) is 18.7. The molecule has 0 bridgehead atoms. The van der Waals surface area contributed by atoms with Gasteiger partial charge in [-0.2, -0.15) is 4.31 Å². The molecule has 1 aromatic heterocycles. The summed E-state index contributed by atoms with van der Waals surface area (Å²) in [7, 11) is -2.11. The fourth-order valence-corrected chi connectivity index (χ4v) is 7.97. The predicted octanol–water partition coefficient (Wildman–Crippen LogP) is 6.56. The minimum Gasteiger partial charge on any atom is -0.381 e. The summed E-state index contributed by atoms with van der Waals surface area (Å²) < 4.78 is 34.5. The van der Waals surface area contributed by atoms with E-state index in [1.54, 1.807) is 13.1 Å². The summed E-state index contributed by atoms with van der Waals surface area (Å²) in [5, 5.41) is 3.61. The van der Waals surface area contributed by atoms with E-state index in [1.165, 1.54) is 47.7 Å². The van der Waals surface area contributed by atoms with Crippen molar-refractivity contribution in [2.75, 3.05) is 20.3 Å². The molecular formula is C31H47N3O4S2. The first kappa shape index (κ1) is 31.1. The van der Waals surface area contributed by atoms with Gasteiger partial charge in [-0.1, -0.05) is 52.9 Å². The van der Waals surface area contributed by atoms with Gasteiger partial charge in [0.2, 0.25) is 10.0 Å². The van der Waals surface area contributed by atoms with E-state index in [1.807, 2.05) is 26.8 Å². The zero-order chi connectivity index (χ0) is 29.3. The molecule has 40 heavy (non-hydrogen) atoms. The van der Waals surface area contributed by atoms with Gasteiger partial charge in [-0.25, -0.2) is 13.4 Å². The number of carbonyl (C=O) groups excluding carboxylic acids is 1. The average molecular weight is 590 g/mol. The number of hydrogen-bond acceptors (Lipinski definition) is 6. The van der Waals surface area contributed by atoms with Crippen molar-refractivity contribution >= 4 is 27.3 Å². The number of carbonyl (C=O) groups is 1. The number of ether oxygens (including phenoxy) is 1. The van der Waals surface area contributed by atoms with Crippen LogP contribution in [-0.2, 0) is 26.6 Å². The monoisotopic (exact) mass is 589 g/mol. The van der Waals surface area contributed by atoms with Crippen molar-refractivity contribution < 1.29 is 17.9 Å². The Kier molecular flexibility index (Phi) is 9.49. The predicted molar refractivity (Wildman–Crippen MR) is 163 cm³/mol. The summed E-state index contributed by atoms with van der Waals surface area (Å²) in [6, 6.07) is 5.77. The van der Waals surface area contributed by atoms with Crippen LogP contribution in [0.3, 0.4) is 0 Å². The van der Waals surface area contributed by atoms with Crippen LogP contribution in [0.4, 0.5) is 0 Å². The Morgan fingerprint density at radius 1 is 1.02 bits per heavy atom. The van der Waals surface area contributed by atoms with E-state index in [2.05, 4.69) is 32.2 Å². The Labute approximate surface area is 245 Å². The first-order valence-corrected chi connectivity index (χ1v) is 16.9. The lowest BCUT2D eigenvalue weighted by Crippen LogP contribution is -2.42. The summed E-state index contributed by atoms with van der Waals surface area (Å²) >= 11 is 1.39. The topological polar surface area (TPSA) is 88.6 Å². The van der Waals surface area contributed by atoms with E-state index in [-0.39, 0.29) is 22.3 Å². The van der Waals surface area contributed by atoms with E-state index < -0.39 is 15.6 Å². The highest BCUT2D eigenvalue weighted by molar-refractivity contribution is 7.89. The van der Waals surface area contributed by atoms with Gasteiger partial charge < -0.3 is 10.1 Å². The van der Waals surface area contributed by atoms with Gasteiger partial charge in [-0.3, -0.25) is 4.79 Å². The van der Waals surface area contributed by atoms with Crippen LogP contribution < -0.4 is 5.32 Å². The highest BCUT2D eigenvalue weighted by atomic mass is 32.2. The maximum atomic E-state index is 13.8. The zero-order valence-corrected chi connectivity index (χ0v) is 26.9. The fraction of sp³-hybridized carbons (Fsp3) is 0.677. The van der Waals surface area contributed by atoms with Crippen LogP contribution in [0.1, 0.15) is 108 Å². The zero-order valence-electron chi connectivity index (χ0n) is 25.3. The molecule has 0 atom stereocenters. The first-order valence-electron chi connectivity index (χ1n) is 14.7. The summed E-state index contributed by atoms with van der Waals surface area (Å²) in [4.78, 5) is 19.4. The molecule has 2 aliphatic rings. The number of hydrogen-bond donors (Lipinski definition) is 1. The third-order valence-electron chi connectivity index (χ3n) is 8.29. The minimum absolute atomic E-state index is 0.0873. The number of thiazole rings is 1. The van der Waals surface area contributed by atoms with Crippen molar-refractivity contribution in [3.8, 4) is 10.4 Å². The van der Waals surface area contributed by atoms with Crippen LogP contribution in [0.15, 0.2) is 23.1 Å². The highest BCUT2D eigenvalue weighted by Crippen LogP contribution is 2.39. The lowest BCUT2D eigenvalue weighted by atomic mass is 9.84. The Balaban J connectivity index is 1.80. The Hall–Kier alpha value is -1.81. The van der Waals surface area contributed by atoms with Crippen molar-refractivity contribution in [3.05, 3.63) is 34.5 Å². The van der Waals surface area contributed by atoms with Crippen molar-refractivity contribution in [2.45, 2.75) is 115 Å². The maximum Gasteiger partial charge on any atom is 0.280 e. The van der Waals surface area contributed by atoms with Gasteiger partial charge in [-0.15, -0.1) is 11.3 Å². The van der Waals surface area contributed by atoms with E-state index in [4.69, 9.17) is 9.72 Å². The minimum atomic E-state index is -3.75. The average Bonchev–Trinajstić information content (AvgIpc) is 3.32. The number of rotatable bonds is 7. The van der Waals surface area contributed by atoms with Gasteiger partial charge in [0.25, 0.3) is 5.91 Å². The smallest absolute Gasteiger partial charge is 0.280 e. The molecule has 222 valence electrons. The number of nitrogens with one attached hydrogen (secondary N) is 1. The Morgan fingerprint density at radius 2 is 1.68 bits per heavy atom. The molecule has 0 radical (unpaired) electrons. The second-order valence-corrected chi connectivity index (χ2v) is 16.5. The molecule has 1 saturated carbocycles. The molecule has 1 aliphatic carbocycles. The third kappa shape index (κ3) is 7.33. The summed E-state index contributed by atoms with van der Waals surface area (Å²) in [6.45, 7) is 13.3. The maximum absolute atomic E-state index is 13.8. The molecule has 1 N–H and O–H groups in total. The second-order valence-electron chi connectivity index (χ2n) is 13.5. The van der Waals surface area contributed by atoms with Gasteiger partial charge in [0.15, 0.2) is 5.01 Å². The summed E-state index contributed by atoms with van der Waals surface area (Å²) in [5.74, 6) is 0.377. The molecule has 4 rings (SSSR count). The van der Waals surface area contributed by atoms with Crippen LogP contribution in [0.25, 0.3) is 10.4 Å². The van der Waals surface area contributed by atoms with Crippen molar-refractivity contribution in [1.29, 1.82) is 0 Å². The molecule has 2 fully saturated rings. The van der Waals surface area contributed by atoms with Gasteiger partial charge in [-0.05, 0) is 80.7 Å². The molecule has 2 aromatic rings. The molecule has 1 aliphatic heterocycles. The van der Waals surface area contributed by atoms with Crippen LogP contribution in [0.5, 0.6) is 0 Å². The highest BCUT2D eigenvalue weighted by Gasteiger charge is 2.33. The van der Waals surface area contributed by atoms with Crippen molar-refractivity contribution in [3.63, 3.8) is 0 Å². The summed E-state index contributed by atoms with van der Waals surface area (Å²) in [6.07, 6.45) is 8.46. The third-order valence-corrected chi connectivity index (χ3v) is 11.5. The van der Waals surface area contributed by atoms with Crippen LogP contribution in [0, 0.1) is 5.92 Å². The number of benzene rings is 1. The largest absolute Gasteiger partial charge is 0.381 e. The van der Waals surface area contributed by atoms with Crippen LogP contribution in [0.2, 0.25) is 0 Å². The van der Waals surface area contributed by atoms with E-state index >= 15 is 0 Å².